The number of Topliss-reactive ketones (excluding diaryl/α,β-unsaturated/α-hetero) is 1. The molecule has 0 aromatic rings. The summed E-state index contributed by atoms with van der Waals surface area (Å²) in [6.07, 6.45) is -1.04. The molecule has 0 aromatic carbocycles. The summed E-state index contributed by atoms with van der Waals surface area (Å²) >= 11 is 0. The number of carbonyl (C=O) groups is 1. The van der Waals surface area contributed by atoms with Crippen molar-refractivity contribution in [2.24, 2.45) is 5.92 Å². The first kappa shape index (κ1) is 7.65. The molecule has 0 aromatic heterocycles. The Hall–Kier alpha value is -0.450. The fourth-order valence-corrected chi connectivity index (χ4v) is 0.901. The Morgan fingerprint density at radius 1 is 1.60 bits per heavy atom. The van der Waals surface area contributed by atoms with Crippen molar-refractivity contribution in [2.45, 2.75) is 6.10 Å². The van der Waals surface area contributed by atoms with Gasteiger partial charge in [0.25, 0.3) is 0 Å². The molecule has 4 heteroatoms. The van der Waals surface area contributed by atoms with E-state index in [1.165, 1.54) is 0 Å². The molecule has 1 aliphatic heterocycles. The Morgan fingerprint density at radius 2 is 2.30 bits per heavy atom. The van der Waals surface area contributed by atoms with Crippen molar-refractivity contribution in [3.63, 3.8) is 0 Å². The van der Waals surface area contributed by atoms with Crippen LogP contribution in [0.1, 0.15) is 0 Å². The molecule has 58 valence electrons. The van der Waals surface area contributed by atoms with E-state index in [9.17, 15) is 4.79 Å². The predicted molar refractivity (Wildman–Crippen MR) is 32.4 cm³/mol. The molecule has 2 N–H and O–H groups in total. The molecule has 0 bridgehead atoms. The third-order valence-corrected chi connectivity index (χ3v) is 1.55. The van der Waals surface area contributed by atoms with E-state index in [4.69, 9.17) is 14.9 Å². The molecular weight excluding hydrogens is 136 g/mol. The van der Waals surface area contributed by atoms with Gasteiger partial charge < -0.3 is 14.9 Å². The monoisotopic (exact) mass is 146 g/mol. The zero-order valence-electron chi connectivity index (χ0n) is 5.49. The third kappa shape index (κ3) is 1.34. The molecule has 0 amide bonds. The van der Waals surface area contributed by atoms with E-state index >= 15 is 0 Å². The second-order valence-corrected chi connectivity index (χ2v) is 2.34. The van der Waals surface area contributed by atoms with Gasteiger partial charge in [0.2, 0.25) is 0 Å². The van der Waals surface area contributed by atoms with Crippen molar-refractivity contribution in [3.05, 3.63) is 0 Å². The molecule has 0 radical (unpaired) electrons. The average Bonchev–Trinajstić information content (AvgIpc) is 1.95. The van der Waals surface area contributed by atoms with Crippen molar-refractivity contribution in [1.29, 1.82) is 0 Å². The van der Waals surface area contributed by atoms with Crippen molar-refractivity contribution in [2.75, 3.05) is 19.8 Å². The number of aliphatic hydroxyl groups excluding tert-OH is 2. The summed E-state index contributed by atoms with van der Waals surface area (Å²) < 4.78 is 4.82. The molecule has 4 nitrogen and oxygen atoms in total. The number of hydrogen-bond acceptors (Lipinski definition) is 4. The molecule has 0 saturated carbocycles. The van der Waals surface area contributed by atoms with Gasteiger partial charge in [-0.15, -0.1) is 0 Å². The molecule has 1 fully saturated rings. The minimum Gasteiger partial charge on any atom is -0.396 e. The average molecular weight is 146 g/mol. The fourth-order valence-electron chi connectivity index (χ4n) is 0.901. The molecule has 1 aliphatic rings. The lowest BCUT2D eigenvalue weighted by molar-refractivity contribution is -0.146. The first-order valence-electron chi connectivity index (χ1n) is 3.16. The van der Waals surface area contributed by atoms with Crippen LogP contribution in [0.15, 0.2) is 0 Å². The van der Waals surface area contributed by atoms with Gasteiger partial charge in [0.15, 0.2) is 5.78 Å². The summed E-state index contributed by atoms with van der Waals surface area (Å²) in [5, 5.41) is 17.5. The first-order chi connectivity index (χ1) is 4.75. The maximum atomic E-state index is 10.9. The zero-order chi connectivity index (χ0) is 7.56. The van der Waals surface area contributed by atoms with Crippen LogP contribution in [0.25, 0.3) is 0 Å². The molecule has 1 heterocycles. The van der Waals surface area contributed by atoms with E-state index in [0.29, 0.717) is 0 Å². The minimum atomic E-state index is -1.04. The summed E-state index contributed by atoms with van der Waals surface area (Å²) in [5.74, 6) is -0.836. The highest BCUT2D eigenvalue weighted by Crippen LogP contribution is 2.08. The SMILES string of the molecule is O=C1C(O)COC[C@H]1CO. The summed E-state index contributed by atoms with van der Waals surface area (Å²) in [4.78, 5) is 10.9. The molecule has 1 unspecified atom stereocenters. The number of aliphatic hydroxyl groups is 2. The van der Waals surface area contributed by atoms with Crippen LogP contribution in [-0.4, -0.2) is 41.9 Å². The lowest BCUT2D eigenvalue weighted by Crippen LogP contribution is -2.41. The van der Waals surface area contributed by atoms with Gasteiger partial charge in [-0.1, -0.05) is 0 Å². The highest BCUT2D eigenvalue weighted by atomic mass is 16.5. The second kappa shape index (κ2) is 3.09. The Bertz CT molecular complexity index is 134. The normalized spacial score (nSPS) is 34.4. The fraction of sp³-hybridized carbons (Fsp3) is 0.833. The highest BCUT2D eigenvalue weighted by Gasteiger charge is 2.29. The van der Waals surface area contributed by atoms with E-state index in [1.54, 1.807) is 0 Å². The van der Waals surface area contributed by atoms with Crippen molar-refractivity contribution in [3.8, 4) is 0 Å². The van der Waals surface area contributed by atoms with Crippen molar-refractivity contribution >= 4 is 5.78 Å². The Balaban J connectivity index is 2.51. The molecule has 2 atom stereocenters. The molecule has 1 rings (SSSR count). The number of ketones is 1. The Kier molecular flexibility index (Phi) is 2.37. The van der Waals surface area contributed by atoms with Crippen LogP contribution in [0.3, 0.4) is 0 Å². The topological polar surface area (TPSA) is 66.8 Å². The van der Waals surface area contributed by atoms with Gasteiger partial charge in [-0.25, -0.2) is 0 Å². The first-order valence-corrected chi connectivity index (χ1v) is 3.16. The second-order valence-electron chi connectivity index (χ2n) is 2.34. The highest BCUT2D eigenvalue weighted by molar-refractivity contribution is 5.86. The number of carbonyl (C=O) groups excluding carboxylic acids is 1. The van der Waals surface area contributed by atoms with Gasteiger partial charge in [-0.3, -0.25) is 4.79 Å². The van der Waals surface area contributed by atoms with Crippen LogP contribution in [0.2, 0.25) is 0 Å². The van der Waals surface area contributed by atoms with Gasteiger partial charge >= 0.3 is 0 Å². The van der Waals surface area contributed by atoms with E-state index in [2.05, 4.69) is 0 Å². The smallest absolute Gasteiger partial charge is 0.171 e. The van der Waals surface area contributed by atoms with Crippen LogP contribution >= 0.6 is 0 Å². The molecule has 10 heavy (non-hydrogen) atoms. The molecule has 0 aliphatic carbocycles. The van der Waals surface area contributed by atoms with Crippen LogP contribution in [0, 0.1) is 5.92 Å². The lowest BCUT2D eigenvalue weighted by Gasteiger charge is -2.22. The van der Waals surface area contributed by atoms with Crippen molar-refractivity contribution < 1.29 is 19.7 Å². The largest absolute Gasteiger partial charge is 0.396 e. The maximum Gasteiger partial charge on any atom is 0.171 e. The van der Waals surface area contributed by atoms with Crippen LogP contribution < -0.4 is 0 Å². The van der Waals surface area contributed by atoms with Gasteiger partial charge in [0.1, 0.15) is 6.10 Å². The van der Waals surface area contributed by atoms with E-state index < -0.39 is 12.0 Å². The van der Waals surface area contributed by atoms with Crippen molar-refractivity contribution in [1.82, 2.24) is 0 Å². The predicted octanol–water partition coefficient (Wildman–Crippen LogP) is -1.44. The van der Waals surface area contributed by atoms with E-state index in [0.717, 1.165) is 0 Å². The summed E-state index contributed by atoms with van der Waals surface area (Å²) in [6, 6.07) is 0. The summed E-state index contributed by atoms with van der Waals surface area (Å²) in [7, 11) is 0. The molecule has 1 saturated heterocycles. The summed E-state index contributed by atoms with van der Waals surface area (Å²) in [6.45, 7) is 0.0532. The van der Waals surface area contributed by atoms with Gasteiger partial charge in [-0.05, 0) is 0 Å². The molecule has 0 spiro atoms. The third-order valence-electron chi connectivity index (χ3n) is 1.55. The number of hydrogen-bond donors (Lipinski definition) is 2. The van der Waals surface area contributed by atoms with E-state index in [-0.39, 0.29) is 25.6 Å². The van der Waals surface area contributed by atoms with Crippen LogP contribution in [-0.2, 0) is 9.53 Å². The van der Waals surface area contributed by atoms with Gasteiger partial charge in [0.05, 0.1) is 25.7 Å². The van der Waals surface area contributed by atoms with E-state index in [1.807, 2.05) is 0 Å². The number of rotatable bonds is 1. The van der Waals surface area contributed by atoms with Crippen LogP contribution in [0.5, 0.6) is 0 Å². The Labute approximate surface area is 58.4 Å². The molecular formula is C6H10O4. The van der Waals surface area contributed by atoms with Gasteiger partial charge in [-0.2, -0.15) is 0 Å². The standard InChI is InChI=1S/C6H10O4/c7-1-4-2-10-3-5(8)6(4)9/h4-5,7-8H,1-3H2/t4-,5?/m1/s1. The Morgan fingerprint density at radius 3 is 2.80 bits per heavy atom. The van der Waals surface area contributed by atoms with Gasteiger partial charge in [0, 0.05) is 0 Å². The quantitative estimate of drug-likeness (QED) is 0.475. The number of ether oxygens (including phenoxy) is 1. The summed E-state index contributed by atoms with van der Waals surface area (Å²) in [5.41, 5.74) is 0. The maximum absolute atomic E-state index is 10.9. The lowest BCUT2D eigenvalue weighted by atomic mass is 10.00. The minimum absolute atomic E-state index is 0.0648. The zero-order valence-corrected chi connectivity index (χ0v) is 5.49. The van der Waals surface area contributed by atoms with Crippen LogP contribution in [0.4, 0.5) is 0 Å².